The number of aliphatic hydroxyl groups excluding tert-OH is 1. The van der Waals surface area contributed by atoms with Gasteiger partial charge in [-0.25, -0.2) is 0 Å². The summed E-state index contributed by atoms with van der Waals surface area (Å²) in [5.74, 6) is 1.29. The van der Waals surface area contributed by atoms with E-state index in [0.29, 0.717) is 18.1 Å². The third kappa shape index (κ3) is 3.55. The van der Waals surface area contributed by atoms with E-state index >= 15 is 0 Å². The minimum absolute atomic E-state index is 0.0206. The molecule has 0 aliphatic carbocycles. The van der Waals surface area contributed by atoms with Crippen molar-refractivity contribution in [3.05, 3.63) is 41.2 Å². The van der Waals surface area contributed by atoms with Crippen LogP contribution in [0.5, 0.6) is 11.5 Å². The molecule has 1 heterocycles. The van der Waals surface area contributed by atoms with Gasteiger partial charge in [0.2, 0.25) is 0 Å². The number of nitrogens with zero attached hydrogens (tertiary/aromatic N) is 2. The number of methoxy groups -OCH3 is 1. The Hall–Kier alpha value is -2.01. The summed E-state index contributed by atoms with van der Waals surface area (Å²) in [5.41, 5.74) is 2.89. The molecule has 0 spiro atoms. The number of benzene rings is 1. The largest absolute Gasteiger partial charge is 0.493 e. The number of hydrogen-bond donors (Lipinski definition) is 1. The Morgan fingerprint density at radius 1 is 1.19 bits per heavy atom. The Labute approximate surface area is 125 Å². The molecule has 0 aliphatic heterocycles. The maximum atomic E-state index is 9.22. The summed E-state index contributed by atoms with van der Waals surface area (Å²) in [7, 11) is 1.60. The number of aliphatic hydroxyl groups is 1. The zero-order valence-corrected chi connectivity index (χ0v) is 12.8. The first-order valence-corrected chi connectivity index (χ1v) is 7.18. The number of hydrogen-bond acceptors (Lipinski definition) is 4. The quantitative estimate of drug-likeness (QED) is 0.851. The molecule has 0 radical (unpaired) electrons. The predicted octanol–water partition coefficient (Wildman–Crippen LogP) is 2.55. The van der Waals surface area contributed by atoms with Gasteiger partial charge >= 0.3 is 0 Å². The van der Waals surface area contributed by atoms with E-state index in [1.54, 1.807) is 19.2 Å². The first kappa shape index (κ1) is 15.4. The number of ether oxygens (including phenoxy) is 2. The lowest BCUT2D eigenvalue weighted by atomic mass is 10.2. The Balaban J connectivity index is 2.17. The number of aryl methyl sites for hydroxylation is 2. The van der Waals surface area contributed by atoms with E-state index < -0.39 is 0 Å². The summed E-state index contributed by atoms with van der Waals surface area (Å²) in [6.45, 7) is 5.36. The summed E-state index contributed by atoms with van der Waals surface area (Å²) in [5, 5.41) is 13.7. The molecule has 0 amide bonds. The Kier molecular flexibility index (Phi) is 5.22. The van der Waals surface area contributed by atoms with Crippen LogP contribution in [0.15, 0.2) is 24.3 Å². The maximum Gasteiger partial charge on any atom is 0.162 e. The second-order valence-corrected chi connectivity index (χ2v) is 4.73. The average molecular weight is 290 g/mol. The molecule has 2 rings (SSSR count). The van der Waals surface area contributed by atoms with Crippen molar-refractivity contribution in [1.29, 1.82) is 0 Å². The Morgan fingerprint density at radius 2 is 2.00 bits per heavy atom. The van der Waals surface area contributed by atoms with Crippen LogP contribution in [0.25, 0.3) is 0 Å². The standard InChI is InChI=1S/C16H22N2O3/c1-4-13-9-14(18(5-2)17-13)11-21-16-8-12(10-19)6-7-15(16)20-3/h6-9,19H,4-5,10-11H2,1-3H3. The summed E-state index contributed by atoms with van der Waals surface area (Å²) in [6.07, 6.45) is 0.906. The highest BCUT2D eigenvalue weighted by molar-refractivity contribution is 5.42. The van der Waals surface area contributed by atoms with Gasteiger partial charge in [0.1, 0.15) is 6.61 Å². The van der Waals surface area contributed by atoms with Gasteiger partial charge in [-0.1, -0.05) is 13.0 Å². The third-order valence-electron chi connectivity index (χ3n) is 3.36. The molecule has 1 aromatic heterocycles. The summed E-state index contributed by atoms with van der Waals surface area (Å²) >= 11 is 0. The van der Waals surface area contributed by atoms with Crippen molar-refractivity contribution in [3.8, 4) is 11.5 Å². The highest BCUT2D eigenvalue weighted by Crippen LogP contribution is 2.29. The van der Waals surface area contributed by atoms with E-state index in [2.05, 4.69) is 25.0 Å². The van der Waals surface area contributed by atoms with Gasteiger partial charge in [-0.15, -0.1) is 0 Å². The highest BCUT2D eigenvalue weighted by Gasteiger charge is 2.10. The zero-order chi connectivity index (χ0) is 15.2. The van der Waals surface area contributed by atoms with Crippen LogP contribution in [0.4, 0.5) is 0 Å². The van der Waals surface area contributed by atoms with Gasteiger partial charge < -0.3 is 14.6 Å². The number of rotatable bonds is 7. The van der Waals surface area contributed by atoms with Gasteiger partial charge in [-0.05, 0) is 37.1 Å². The van der Waals surface area contributed by atoms with Crippen molar-refractivity contribution < 1.29 is 14.6 Å². The third-order valence-corrected chi connectivity index (χ3v) is 3.36. The predicted molar refractivity (Wildman–Crippen MR) is 80.5 cm³/mol. The van der Waals surface area contributed by atoms with Crippen LogP contribution in [-0.4, -0.2) is 22.0 Å². The summed E-state index contributed by atoms with van der Waals surface area (Å²) in [6, 6.07) is 7.48. The van der Waals surface area contributed by atoms with Crippen molar-refractivity contribution in [2.24, 2.45) is 0 Å². The van der Waals surface area contributed by atoms with Crippen LogP contribution in [0.3, 0.4) is 0 Å². The first-order chi connectivity index (χ1) is 10.2. The van der Waals surface area contributed by atoms with Gasteiger partial charge in [0, 0.05) is 6.54 Å². The molecule has 21 heavy (non-hydrogen) atoms. The molecule has 2 aromatic rings. The second kappa shape index (κ2) is 7.13. The molecule has 1 N–H and O–H groups in total. The Morgan fingerprint density at radius 3 is 2.62 bits per heavy atom. The minimum Gasteiger partial charge on any atom is -0.493 e. The Bertz CT molecular complexity index is 593. The van der Waals surface area contributed by atoms with Crippen LogP contribution >= 0.6 is 0 Å². The van der Waals surface area contributed by atoms with Crippen LogP contribution in [-0.2, 0) is 26.2 Å². The van der Waals surface area contributed by atoms with Crippen LogP contribution in [0, 0.1) is 0 Å². The van der Waals surface area contributed by atoms with E-state index in [-0.39, 0.29) is 6.61 Å². The molecular weight excluding hydrogens is 268 g/mol. The number of aromatic nitrogens is 2. The first-order valence-electron chi connectivity index (χ1n) is 7.18. The highest BCUT2D eigenvalue weighted by atomic mass is 16.5. The fourth-order valence-electron chi connectivity index (χ4n) is 2.16. The molecule has 0 unspecified atom stereocenters. The molecule has 1 aromatic carbocycles. The van der Waals surface area contributed by atoms with E-state index in [4.69, 9.17) is 9.47 Å². The monoisotopic (exact) mass is 290 g/mol. The van der Waals surface area contributed by atoms with Crippen LogP contribution < -0.4 is 9.47 Å². The molecule has 5 heteroatoms. The maximum absolute atomic E-state index is 9.22. The molecule has 0 aliphatic rings. The van der Waals surface area contributed by atoms with Gasteiger partial charge in [-0.2, -0.15) is 5.10 Å². The van der Waals surface area contributed by atoms with Crippen molar-refractivity contribution in [3.63, 3.8) is 0 Å². The van der Waals surface area contributed by atoms with E-state index in [0.717, 1.165) is 29.9 Å². The van der Waals surface area contributed by atoms with Crippen molar-refractivity contribution in [2.45, 2.75) is 40.0 Å². The summed E-state index contributed by atoms with van der Waals surface area (Å²) in [4.78, 5) is 0. The molecule has 0 saturated heterocycles. The lowest BCUT2D eigenvalue weighted by molar-refractivity contribution is 0.266. The van der Waals surface area contributed by atoms with Crippen molar-refractivity contribution in [2.75, 3.05) is 7.11 Å². The molecule has 0 fully saturated rings. The average Bonchev–Trinajstić information content (AvgIpc) is 2.94. The van der Waals surface area contributed by atoms with Gasteiger partial charge in [-0.3, -0.25) is 4.68 Å². The SMILES string of the molecule is CCc1cc(COc2cc(CO)ccc2OC)n(CC)n1. The fourth-order valence-corrected chi connectivity index (χ4v) is 2.16. The lowest BCUT2D eigenvalue weighted by Gasteiger charge is -2.12. The van der Waals surface area contributed by atoms with Gasteiger partial charge in [0.25, 0.3) is 0 Å². The second-order valence-electron chi connectivity index (χ2n) is 4.73. The van der Waals surface area contributed by atoms with Crippen LogP contribution in [0.2, 0.25) is 0 Å². The topological polar surface area (TPSA) is 56.5 Å². The molecule has 5 nitrogen and oxygen atoms in total. The van der Waals surface area contributed by atoms with Crippen molar-refractivity contribution in [1.82, 2.24) is 9.78 Å². The van der Waals surface area contributed by atoms with E-state index in [1.165, 1.54) is 0 Å². The normalized spacial score (nSPS) is 10.7. The smallest absolute Gasteiger partial charge is 0.162 e. The van der Waals surface area contributed by atoms with Gasteiger partial charge in [0.05, 0.1) is 25.1 Å². The van der Waals surface area contributed by atoms with E-state index in [1.807, 2.05) is 10.7 Å². The molecule has 0 saturated carbocycles. The fraction of sp³-hybridized carbons (Fsp3) is 0.438. The summed E-state index contributed by atoms with van der Waals surface area (Å²) < 4.78 is 13.1. The van der Waals surface area contributed by atoms with Gasteiger partial charge in [0.15, 0.2) is 11.5 Å². The van der Waals surface area contributed by atoms with Crippen LogP contribution in [0.1, 0.15) is 30.8 Å². The lowest BCUT2D eigenvalue weighted by Crippen LogP contribution is -2.06. The molecular formula is C16H22N2O3. The molecule has 114 valence electrons. The van der Waals surface area contributed by atoms with Crippen molar-refractivity contribution >= 4 is 0 Å². The zero-order valence-electron chi connectivity index (χ0n) is 12.8. The molecule has 0 bridgehead atoms. The minimum atomic E-state index is -0.0206. The molecule has 0 atom stereocenters. The van der Waals surface area contributed by atoms with E-state index in [9.17, 15) is 5.11 Å².